The van der Waals surface area contributed by atoms with Crippen molar-refractivity contribution in [3.05, 3.63) is 79.6 Å². The molecular weight excluding hydrogens is 488 g/mol. The van der Waals surface area contributed by atoms with E-state index < -0.39 is 11.9 Å². The Bertz CT molecular complexity index is 1200. The Balaban J connectivity index is 0.000000436. The van der Waals surface area contributed by atoms with Gasteiger partial charge in [0.05, 0.1) is 6.54 Å². The second-order valence-electron chi connectivity index (χ2n) is 8.30. The van der Waals surface area contributed by atoms with Crippen molar-refractivity contribution in [3.8, 4) is 0 Å². The van der Waals surface area contributed by atoms with Crippen molar-refractivity contribution < 1.29 is 24.2 Å². The van der Waals surface area contributed by atoms with Gasteiger partial charge in [0.25, 0.3) is 0 Å². The Morgan fingerprint density at radius 3 is 2.24 bits per heavy atom. The molecule has 3 heterocycles. The second-order valence-corrected chi connectivity index (χ2v) is 8.30. The van der Waals surface area contributed by atoms with Crippen LogP contribution in [0.25, 0.3) is 11.0 Å². The number of para-hydroxylation sites is 1. The summed E-state index contributed by atoms with van der Waals surface area (Å²) < 4.78 is 5.98. The number of nitrogens with one attached hydrogen (secondary N) is 2. The van der Waals surface area contributed by atoms with Gasteiger partial charge in [0.2, 0.25) is 5.95 Å². The van der Waals surface area contributed by atoms with E-state index in [4.69, 9.17) is 19.6 Å². The summed E-state index contributed by atoms with van der Waals surface area (Å²) in [5.74, 6) is 0.810. The number of piperazine rings is 1. The Morgan fingerprint density at radius 2 is 1.61 bits per heavy atom. The lowest BCUT2D eigenvalue weighted by Crippen LogP contribution is -2.46. The van der Waals surface area contributed by atoms with Crippen molar-refractivity contribution in [2.75, 3.05) is 54.8 Å². The fourth-order valence-electron chi connectivity index (χ4n) is 3.72. The Morgan fingerprint density at radius 1 is 0.947 bits per heavy atom. The average Bonchev–Trinajstić information content (AvgIpc) is 3.32. The number of aromatic nitrogens is 2. The zero-order chi connectivity index (χ0) is 27.3. The van der Waals surface area contributed by atoms with E-state index in [1.165, 1.54) is 0 Å². The molecule has 4 N–H and O–H groups in total. The number of carboxylic acids is 2. The van der Waals surface area contributed by atoms with Crippen LogP contribution in [-0.2, 0) is 16.1 Å². The van der Waals surface area contributed by atoms with E-state index in [9.17, 15) is 9.59 Å². The van der Waals surface area contributed by atoms with Crippen LogP contribution in [0, 0.1) is 0 Å². The molecule has 3 aromatic rings. The molecule has 0 amide bonds. The number of aliphatic carboxylic acids is 2. The largest absolute Gasteiger partial charge is 0.478 e. The topological polar surface area (TPSA) is 144 Å². The lowest BCUT2D eigenvalue weighted by Gasteiger charge is -2.35. The Kier molecular flexibility index (Phi) is 10.4. The fraction of sp³-hybridized carbons (Fsp3) is 0.259. The van der Waals surface area contributed by atoms with Gasteiger partial charge in [-0.1, -0.05) is 30.4 Å². The van der Waals surface area contributed by atoms with E-state index in [0.717, 1.165) is 61.1 Å². The van der Waals surface area contributed by atoms with Crippen LogP contribution in [0.2, 0.25) is 0 Å². The van der Waals surface area contributed by atoms with Crippen LogP contribution in [-0.4, -0.2) is 76.3 Å². The van der Waals surface area contributed by atoms with E-state index in [2.05, 4.69) is 50.7 Å². The van der Waals surface area contributed by atoms with Crippen LogP contribution in [0.5, 0.6) is 0 Å². The smallest absolute Gasteiger partial charge is 0.328 e. The zero-order valence-electron chi connectivity index (χ0n) is 21.0. The van der Waals surface area contributed by atoms with E-state index in [0.29, 0.717) is 31.2 Å². The number of rotatable bonds is 11. The SMILES string of the molecule is C=CCNc1cc(N2CCN(Cc3cc4ccccc4o3)CC2)nc(NCC=C)n1.O=C(O)/C=C/C(=O)O. The molecule has 1 aliphatic rings. The van der Waals surface area contributed by atoms with Crippen LogP contribution < -0.4 is 15.5 Å². The molecule has 4 rings (SSSR count). The van der Waals surface area contributed by atoms with Gasteiger partial charge in [0.15, 0.2) is 0 Å². The highest BCUT2D eigenvalue weighted by atomic mass is 16.4. The molecule has 0 atom stereocenters. The first-order valence-electron chi connectivity index (χ1n) is 12.0. The number of anilines is 3. The highest BCUT2D eigenvalue weighted by Gasteiger charge is 2.20. The van der Waals surface area contributed by atoms with Gasteiger partial charge in [-0.3, -0.25) is 4.90 Å². The van der Waals surface area contributed by atoms with Crippen molar-refractivity contribution in [1.82, 2.24) is 14.9 Å². The molecule has 0 aliphatic carbocycles. The van der Waals surface area contributed by atoms with Crippen LogP contribution in [0.15, 0.2) is 78.3 Å². The van der Waals surface area contributed by atoms with Gasteiger partial charge in [-0.15, -0.1) is 13.2 Å². The normalized spacial score (nSPS) is 13.5. The van der Waals surface area contributed by atoms with E-state index >= 15 is 0 Å². The van der Waals surface area contributed by atoms with Crippen LogP contribution in [0.4, 0.5) is 17.6 Å². The summed E-state index contributed by atoms with van der Waals surface area (Å²) in [5, 5.41) is 23.2. The number of fused-ring (bicyclic) bond motifs is 1. The molecule has 1 fully saturated rings. The molecule has 1 saturated heterocycles. The van der Waals surface area contributed by atoms with Gasteiger partial charge < -0.3 is 30.2 Å². The third-order valence-electron chi connectivity index (χ3n) is 5.47. The van der Waals surface area contributed by atoms with E-state index in [1.54, 1.807) is 6.08 Å². The first kappa shape index (κ1) is 27.9. The maximum atomic E-state index is 9.55. The van der Waals surface area contributed by atoms with Crippen LogP contribution in [0.3, 0.4) is 0 Å². The molecule has 1 aromatic carbocycles. The summed E-state index contributed by atoms with van der Waals surface area (Å²) >= 11 is 0. The number of nitrogens with zero attached hydrogens (tertiary/aromatic N) is 4. The monoisotopic (exact) mass is 520 g/mol. The van der Waals surface area contributed by atoms with Crippen molar-refractivity contribution >= 4 is 40.5 Å². The molecule has 0 spiro atoms. The minimum absolute atomic E-state index is 0.558. The molecule has 38 heavy (non-hydrogen) atoms. The summed E-state index contributed by atoms with van der Waals surface area (Å²) in [5.41, 5.74) is 0.950. The summed E-state index contributed by atoms with van der Waals surface area (Å²) in [6.07, 6.45) is 4.73. The van der Waals surface area contributed by atoms with Gasteiger partial charge in [-0.2, -0.15) is 9.97 Å². The molecule has 1 aliphatic heterocycles. The predicted octanol–water partition coefficient (Wildman–Crippen LogP) is 3.45. The summed E-state index contributed by atoms with van der Waals surface area (Å²) in [4.78, 5) is 33.0. The van der Waals surface area contributed by atoms with Crippen LogP contribution >= 0.6 is 0 Å². The molecule has 0 saturated carbocycles. The first-order chi connectivity index (χ1) is 18.4. The molecule has 0 radical (unpaired) electrons. The van der Waals surface area contributed by atoms with Gasteiger partial charge in [-0.05, 0) is 12.1 Å². The first-order valence-corrected chi connectivity index (χ1v) is 12.0. The highest BCUT2D eigenvalue weighted by molar-refractivity contribution is 5.89. The number of hydrogen-bond donors (Lipinski definition) is 4. The molecule has 0 unspecified atom stereocenters. The number of benzene rings is 1. The quantitative estimate of drug-likeness (QED) is 0.218. The lowest BCUT2D eigenvalue weighted by molar-refractivity contribution is -0.134. The molecule has 0 bridgehead atoms. The van der Waals surface area contributed by atoms with Crippen molar-refractivity contribution in [2.24, 2.45) is 0 Å². The van der Waals surface area contributed by atoms with Crippen molar-refractivity contribution in [2.45, 2.75) is 6.54 Å². The molecular formula is C27H32N6O5. The summed E-state index contributed by atoms with van der Waals surface area (Å²) in [6.45, 7) is 13.3. The number of carboxylic acid groups (broad SMARTS) is 2. The second kappa shape index (κ2) is 14.2. The summed E-state index contributed by atoms with van der Waals surface area (Å²) in [7, 11) is 0. The highest BCUT2D eigenvalue weighted by Crippen LogP contribution is 2.23. The third kappa shape index (κ3) is 8.79. The zero-order valence-corrected chi connectivity index (χ0v) is 21.0. The van der Waals surface area contributed by atoms with E-state index in [1.807, 2.05) is 30.3 Å². The molecule has 11 heteroatoms. The number of hydrogen-bond acceptors (Lipinski definition) is 9. The van der Waals surface area contributed by atoms with Gasteiger partial charge in [0.1, 0.15) is 23.0 Å². The van der Waals surface area contributed by atoms with Crippen molar-refractivity contribution in [1.29, 1.82) is 0 Å². The third-order valence-corrected chi connectivity index (χ3v) is 5.47. The molecule has 200 valence electrons. The average molecular weight is 521 g/mol. The summed E-state index contributed by atoms with van der Waals surface area (Å²) in [6, 6.07) is 12.3. The number of furan rings is 1. The molecule has 2 aromatic heterocycles. The standard InChI is InChI=1S/C23H28N6O.C4H4O4/c1-3-9-24-21-16-22(27-23(26-21)25-10-4-2)29-13-11-28(12-14-29)17-19-15-18-7-5-6-8-20(18)30-19;5-3(6)1-2-4(7)8/h3-8,15-16H,1-2,9-14,17H2,(H2,24,25,26,27);1-2H,(H,5,6)(H,7,8)/b;2-1+. The minimum Gasteiger partial charge on any atom is -0.478 e. The van der Waals surface area contributed by atoms with Crippen molar-refractivity contribution in [3.63, 3.8) is 0 Å². The van der Waals surface area contributed by atoms with Gasteiger partial charge in [0, 0.05) is 62.9 Å². The Labute approximate surface area is 220 Å². The van der Waals surface area contributed by atoms with E-state index in [-0.39, 0.29) is 0 Å². The van der Waals surface area contributed by atoms with Gasteiger partial charge in [-0.25, -0.2) is 9.59 Å². The Hall–Kier alpha value is -4.64. The molecule has 11 nitrogen and oxygen atoms in total. The fourth-order valence-corrected chi connectivity index (χ4v) is 3.72. The van der Waals surface area contributed by atoms with Crippen LogP contribution in [0.1, 0.15) is 5.76 Å². The number of carbonyl (C=O) groups is 2. The maximum Gasteiger partial charge on any atom is 0.328 e. The lowest BCUT2D eigenvalue weighted by atomic mass is 10.2. The minimum atomic E-state index is -1.26. The maximum absolute atomic E-state index is 9.55. The predicted molar refractivity (Wildman–Crippen MR) is 148 cm³/mol. The van der Waals surface area contributed by atoms with Gasteiger partial charge >= 0.3 is 11.9 Å².